The molecule has 0 amide bonds. The fraction of sp³-hybridized carbons (Fsp3) is 0.333. The van der Waals surface area contributed by atoms with Crippen molar-refractivity contribution in [2.45, 2.75) is 25.2 Å². The van der Waals surface area contributed by atoms with E-state index in [1.807, 2.05) is 18.2 Å². The molecule has 14 heavy (non-hydrogen) atoms. The van der Waals surface area contributed by atoms with Crippen molar-refractivity contribution >= 4 is 12.6 Å². The number of ether oxygens (including phenoxy) is 1. The van der Waals surface area contributed by atoms with E-state index in [2.05, 4.69) is 31.4 Å². The van der Waals surface area contributed by atoms with Crippen LogP contribution in [-0.4, -0.2) is 6.61 Å². The highest BCUT2D eigenvalue weighted by Crippen LogP contribution is 2.22. The van der Waals surface area contributed by atoms with E-state index in [0.717, 1.165) is 17.1 Å². The third-order valence-corrected chi connectivity index (χ3v) is 2.19. The molecule has 0 heterocycles. The van der Waals surface area contributed by atoms with Crippen LogP contribution in [0, 0.1) is 11.8 Å². The topological polar surface area (TPSA) is 9.23 Å². The first kappa shape index (κ1) is 11.0. The Morgan fingerprint density at radius 2 is 2.21 bits per heavy atom. The molecule has 0 atom stereocenters. The molecule has 2 heteroatoms. The van der Waals surface area contributed by atoms with Crippen molar-refractivity contribution in [2.24, 2.45) is 0 Å². The van der Waals surface area contributed by atoms with Crippen LogP contribution in [0.3, 0.4) is 0 Å². The highest BCUT2D eigenvalue weighted by atomic mass is 32.1. The van der Waals surface area contributed by atoms with Crippen molar-refractivity contribution < 1.29 is 4.74 Å². The van der Waals surface area contributed by atoms with Crippen LogP contribution >= 0.6 is 12.6 Å². The minimum atomic E-state index is 0.445. The SMILES string of the molecule is CC#CCOc1cc(S)ccc1CC. The Morgan fingerprint density at radius 1 is 1.43 bits per heavy atom. The lowest BCUT2D eigenvalue weighted by molar-refractivity contribution is 0.365. The maximum atomic E-state index is 5.53. The molecule has 0 saturated heterocycles. The lowest BCUT2D eigenvalue weighted by Gasteiger charge is -2.08. The summed E-state index contributed by atoms with van der Waals surface area (Å²) < 4.78 is 5.53. The van der Waals surface area contributed by atoms with Crippen LogP contribution in [0.15, 0.2) is 23.1 Å². The highest BCUT2D eigenvalue weighted by molar-refractivity contribution is 7.80. The molecule has 0 unspecified atom stereocenters. The molecule has 1 nitrogen and oxygen atoms in total. The fourth-order valence-corrected chi connectivity index (χ4v) is 1.35. The molecule has 0 aromatic heterocycles. The maximum absolute atomic E-state index is 5.53. The number of benzene rings is 1. The zero-order valence-electron chi connectivity index (χ0n) is 8.50. The smallest absolute Gasteiger partial charge is 0.149 e. The van der Waals surface area contributed by atoms with Gasteiger partial charge in [-0.25, -0.2) is 0 Å². The van der Waals surface area contributed by atoms with Gasteiger partial charge in [-0.05, 0) is 31.0 Å². The molecule has 0 aliphatic rings. The van der Waals surface area contributed by atoms with Crippen LogP contribution in [-0.2, 0) is 6.42 Å². The Morgan fingerprint density at radius 3 is 2.86 bits per heavy atom. The van der Waals surface area contributed by atoms with Crippen LogP contribution in [0.1, 0.15) is 19.4 Å². The van der Waals surface area contributed by atoms with E-state index in [1.165, 1.54) is 5.56 Å². The van der Waals surface area contributed by atoms with Crippen LogP contribution in [0.2, 0.25) is 0 Å². The van der Waals surface area contributed by atoms with Crippen molar-refractivity contribution in [2.75, 3.05) is 6.61 Å². The molecule has 0 aliphatic heterocycles. The Kier molecular flexibility index (Phi) is 4.42. The highest BCUT2D eigenvalue weighted by Gasteiger charge is 2.01. The van der Waals surface area contributed by atoms with Gasteiger partial charge >= 0.3 is 0 Å². The van der Waals surface area contributed by atoms with Crippen LogP contribution in [0.25, 0.3) is 0 Å². The molecule has 74 valence electrons. The standard InChI is InChI=1S/C12H14OS/c1-3-5-8-13-12-9-11(14)7-6-10(12)4-2/h6-7,9,14H,4,8H2,1-2H3. The van der Waals surface area contributed by atoms with Crippen LogP contribution in [0.4, 0.5) is 0 Å². The Balaban J connectivity index is 2.80. The van der Waals surface area contributed by atoms with Gasteiger partial charge < -0.3 is 4.74 Å². The van der Waals surface area contributed by atoms with Gasteiger partial charge in [0, 0.05) is 4.90 Å². The molecule has 0 saturated carbocycles. The van der Waals surface area contributed by atoms with Gasteiger partial charge in [-0.3, -0.25) is 0 Å². The van der Waals surface area contributed by atoms with E-state index in [-0.39, 0.29) is 0 Å². The summed E-state index contributed by atoms with van der Waals surface area (Å²) in [6.07, 6.45) is 0.961. The molecule has 1 rings (SSSR count). The minimum Gasteiger partial charge on any atom is -0.481 e. The van der Waals surface area contributed by atoms with Gasteiger partial charge in [0.15, 0.2) is 0 Å². The van der Waals surface area contributed by atoms with E-state index in [4.69, 9.17) is 4.74 Å². The summed E-state index contributed by atoms with van der Waals surface area (Å²) >= 11 is 4.27. The molecule has 0 radical (unpaired) electrons. The van der Waals surface area contributed by atoms with E-state index >= 15 is 0 Å². The van der Waals surface area contributed by atoms with Gasteiger partial charge in [0.05, 0.1) is 0 Å². The molecule has 0 spiro atoms. The Hall–Kier alpha value is -1.07. The molecule has 0 bridgehead atoms. The summed E-state index contributed by atoms with van der Waals surface area (Å²) in [4.78, 5) is 0.918. The van der Waals surface area contributed by atoms with E-state index in [0.29, 0.717) is 6.61 Å². The van der Waals surface area contributed by atoms with Gasteiger partial charge in [-0.2, -0.15) is 0 Å². The van der Waals surface area contributed by atoms with Gasteiger partial charge in [0.1, 0.15) is 12.4 Å². The first-order valence-electron chi connectivity index (χ1n) is 4.62. The summed E-state index contributed by atoms with van der Waals surface area (Å²) in [6.45, 7) is 4.35. The van der Waals surface area contributed by atoms with E-state index in [9.17, 15) is 0 Å². The van der Waals surface area contributed by atoms with Crippen molar-refractivity contribution in [1.29, 1.82) is 0 Å². The Labute approximate surface area is 90.9 Å². The zero-order valence-corrected chi connectivity index (χ0v) is 9.40. The molecule has 0 fully saturated rings. The third kappa shape index (κ3) is 3.01. The van der Waals surface area contributed by atoms with Crippen molar-refractivity contribution in [3.63, 3.8) is 0 Å². The van der Waals surface area contributed by atoms with Gasteiger partial charge in [-0.1, -0.05) is 18.9 Å². The first-order chi connectivity index (χ1) is 6.77. The number of hydrogen-bond donors (Lipinski definition) is 1. The van der Waals surface area contributed by atoms with Crippen LogP contribution < -0.4 is 4.74 Å². The minimum absolute atomic E-state index is 0.445. The van der Waals surface area contributed by atoms with Crippen molar-refractivity contribution in [1.82, 2.24) is 0 Å². The molecule has 1 aromatic rings. The van der Waals surface area contributed by atoms with Gasteiger partial charge in [0.2, 0.25) is 0 Å². The monoisotopic (exact) mass is 206 g/mol. The largest absolute Gasteiger partial charge is 0.481 e. The number of hydrogen-bond acceptors (Lipinski definition) is 2. The van der Waals surface area contributed by atoms with Crippen LogP contribution in [0.5, 0.6) is 5.75 Å². The second-order valence-corrected chi connectivity index (χ2v) is 3.38. The lowest BCUT2D eigenvalue weighted by Crippen LogP contribution is -1.97. The number of rotatable bonds is 3. The van der Waals surface area contributed by atoms with Gasteiger partial charge in [0.25, 0.3) is 0 Å². The summed E-state index contributed by atoms with van der Waals surface area (Å²) in [7, 11) is 0. The van der Waals surface area contributed by atoms with E-state index < -0.39 is 0 Å². The molecule has 0 N–H and O–H groups in total. The summed E-state index contributed by atoms with van der Waals surface area (Å²) in [5.41, 5.74) is 1.20. The molecule has 0 aliphatic carbocycles. The van der Waals surface area contributed by atoms with Crippen molar-refractivity contribution in [3.05, 3.63) is 23.8 Å². The summed E-state index contributed by atoms with van der Waals surface area (Å²) in [6, 6.07) is 5.94. The van der Waals surface area contributed by atoms with E-state index in [1.54, 1.807) is 6.92 Å². The predicted molar refractivity (Wildman–Crippen MR) is 62.0 cm³/mol. The third-order valence-electron chi connectivity index (χ3n) is 1.91. The second kappa shape index (κ2) is 5.62. The van der Waals surface area contributed by atoms with Gasteiger partial charge in [-0.15, -0.1) is 18.5 Å². The second-order valence-electron chi connectivity index (χ2n) is 2.86. The molecular formula is C12H14OS. The number of aryl methyl sites for hydroxylation is 1. The average molecular weight is 206 g/mol. The normalized spacial score (nSPS) is 9.07. The first-order valence-corrected chi connectivity index (χ1v) is 5.07. The summed E-state index contributed by atoms with van der Waals surface area (Å²) in [5, 5.41) is 0. The fourth-order valence-electron chi connectivity index (χ4n) is 1.16. The average Bonchev–Trinajstić information content (AvgIpc) is 2.19. The molecular weight excluding hydrogens is 192 g/mol. The van der Waals surface area contributed by atoms with Crippen molar-refractivity contribution in [3.8, 4) is 17.6 Å². The molecule has 1 aromatic carbocycles. The Bertz CT molecular complexity index is 360. The quantitative estimate of drug-likeness (QED) is 0.591. The number of thiol groups is 1. The lowest BCUT2D eigenvalue weighted by atomic mass is 10.1. The maximum Gasteiger partial charge on any atom is 0.149 e. The predicted octanol–water partition coefficient (Wildman–Crippen LogP) is 2.94. The summed E-state index contributed by atoms with van der Waals surface area (Å²) in [5.74, 6) is 6.56. The zero-order chi connectivity index (χ0) is 10.4.